The van der Waals surface area contributed by atoms with Gasteiger partial charge in [-0.3, -0.25) is 5.73 Å². The average molecular weight is 161 g/mol. The molecule has 0 aromatic carbocycles. The van der Waals surface area contributed by atoms with Crippen LogP contribution in [0.2, 0.25) is 0 Å². The fourth-order valence-corrected chi connectivity index (χ4v) is 0.490. The summed E-state index contributed by atoms with van der Waals surface area (Å²) in [5.74, 6) is -1.13. The second kappa shape index (κ2) is 4.31. The van der Waals surface area contributed by atoms with Crippen LogP contribution in [-0.2, 0) is 9.53 Å². The van der Waals surface area contributed by atoms with Crippen LogP contribution in [0.5, 0.6) is 0 Å². The lowest BCUT2D eigenvalue weighted by molar-refractivity contribution is -0.163. The number of carboxylic acid groups (broad SMARTS) is 1. The number of ether oxygens (including phenoxy) is 1. The maximum Gasteiger partial charge on any atom is 0.350 e. The van der Waals surface area contributed by atoms with Crippen molar-refractivity contribution in [3.8, 4) is 0 Å². The molecule has 0 fully saturated rings. The van der Waals surface area contributed by atoms with Crippen molar-refractivity contribution in [2.45, 2.75) is 32.4 Å². The summed E-state index contributed by atoms with van der Waals surface area (Å²) in [4.78, 5) is 10.4. The highest BCUT2D eigenvalue weighted by Gasteiger charge is 2.28. The third-order valence-corrected chi connectivity index (χ3v) is 1.32. The number of carboxylic acids is 1. The Hall–Kier alpha value is -0.610. The van der Waals surface area contributed by atoms with Gasteiger partial charge in [0.05, 0.1) is 0 Å². The van der Waals surface area contributed by atoms with Crippen LogP contribution in [0.15, 0.2) is 0 Å². The number of carbonyl (C=O) groups is 1. The fraction of sp³-hybridized carbons (Fsp3) is 0.857. The van der Waals surface area contributed by atoms with Gasteiger partial charge in [-0.2, -0.15) is 0 Å². The lowest BCUT2D eigenvalue weighted by Crippen LogP contribution is -2.47. The van der Waals surface area contributed by atoms with Gasteiger partial charge in [0.15, 0.2) is 0 Å². The quantitative estimate of drug-likeness (QED) is 0.456. The Kier molecular flexibility index (Phi) is 4.07. The van der Waals surface area contributed by atoms with Crippen LogP contribution in [0.3, 0.4) is 0 Å². The van der Waals surface area contributed by atoms with Gasteiger partial charge in [-0.15, -0.1) is 0 Å². The number of hydrogen-bond donors (Lipinski definition) is 2. The first kappa shape index (κ1) is 10.4. The van der Waals surface area contributed by atoms with Crippen molar-refractivity contribution in [2.24, 2.45) is 5.73 Å². The molecule has 66 valence electrons. The lowest BCUT2D eigenvalue weighted by Gasteiger charge is -2.19. The Morgan fingerprint density at radius 3 is 2.64 bits per heavy atom. The second-order valence-corrected chi connectivity index (χ2v) is 2.61. The summed E-state index contributed by atoms with van der Waals surface area (Å²) in [6.45, 7) is 3.73. The molecule has 3 N–H and O–H groups in total. The Morgan fingerprint density at radius 1 is 1.73 bits per heavy atom. The van der Waals surface area contributed by atoms with E-state index in [9.17, 15) is 4.79 Å². The molecule has 0 saturated carbocycles. The van der Waals surface area contributed by atoms with E-state index in [4.69, 9.17) is 15.6 Å². The molecule has 0 spiro atoms. The minimum absolute atomic E-state index is 0.399. The molecule has 0 heterocycles. The van der Waals surface area contributed by atoms with Gasteiger partial charge >= 0.3 is 5.97 Å². The van der Waals surface area contributed by atoms with Crippen molar-refractivity contribution >= 4 is 5.97 Å². The summed E-state index contributed by atoms with van der Waals surface area (Å²) in [5.41, 5.74) is 3.75. The van der Waals surface area contributed by atoms with Crippen LogP contribution in [0, 0.1) is 0 Å². The molecular formula is C7H15NO3. The van der Waals surface area contributed by atoms with Crippen molar-refractivity contribution < 1.29 is 14.6 Å². The Labute approximate surface area is 66.3 Å². The summed E-state index contributed by atoms with van der Waals surface area (Å²) in [5, 5.41) is 8.49. The summed E-state index contributed by atoms with van der Waals surface area (Å²) >= 11 is 0. The van der Waals surface area contributed by atoms with E-state index < -0.39 is 11.7 Å². The van der Waals surface area contributed by atoms with E-state index in [1.165, 1.54) is 6.92 Å². The van der Waals surface area contributed by atoms with E-state index >= 15 is 0 Å². The molecule has 0 aromatic heterocycles. The zero-order chi connectivity index (χ0) is 8.91. The smallest absolute Gasteiger partial charge is 0.350 e. The molecule has 0 amide bonds. The predicted octanol–water partition coefficient (Wildman–Crippen LogP) is 0.563. The molecule has 0 aliphatic carbocycles. The summed E-state index contributed by atoms with van der Waals surface area (Å²) in [6, 6.07) is 0. The summed E-state index contributed by atoms with van der Waals surface area (Å²) in [6.07, 6.45) is 1.80. The van der Waals surface area contributed by atoms with Gasteiger partial charge in [0.1, 0.15) is 0 Å². The van der Waals surface area contributed by atoms with E-state index in [2.05, 4.69) is 0 Å². The highest BCUT2D eigenvalue weighted by atomic mass is 16.5. The fourth-order valence-electron chi connectivity index (χ4n) is 0.490. The Morgan fingerprint density at radius 2 is 2.27 bits per heavy atom. The average Bonchev–Trinajstić information content (AvgIpc) is 1.88. The predicted molar refractivity (Wildman–Crippen MR) is 41.1 cm³/mol. The number of rotatable bonds is 5. The number of hydrogen-bond acceptors (Lipinski definition) is 3. The van der Waals surface area contributed by atoms with Crippen molar-refractivity contribution in [1.82, 2.24) is 0 Å². The highest BCUT2D eigenvalue weighted by molar-refractivity contribution is 5.75. The van der Waals surface area contributed by atoms with Gasteiger partial charge in [-0.1, -0.05) is 13.3 Å². The normalized spacial score (nSPS) is 15.9. The first-order chi connectivity index (χ1) is 5.00. The third-order valence-electron chi connectivity index (χ3n) is 1.32. The van der Waals surface area contributed by atoms with Gasteiger partial charge < -0.3 is 9.84 Å². The van der Waals surface area contributed by atoms with Gasteiger partial charge in [0.25, 0.3) is 0 Å². The van der Waals surface area contributed by atoms with Gasteiger partial charge in [-0.05, 0) is 13.3 Å². The topological polar surface area (TPSA) is 72.5 Å². The first-order valence-electron chi connectivity index (χ1n) is 3.67. The van der Waals surface area contributed by atoms with E-state index in [1.54, 1.807) is 0 Å². The number of nitrogens with two attached hydrogens (primary N) is 1. The van der Waals surface area contributed by atoms with E-state index in [-0.39, 0.29) is 0 Å². The molecule has 4 heteroatoms. The molecule has 4 nitrogen and oxygen atoms in total. The van der Waals surface area contributed by atoms with Crippen molar-refractivity contribution in [2.75, 3.05) is 6.61 Å². The molecule has 1 unspecified atom stereocenters. The SMILES string of the molecule is CCCCOC(C)(N)C(=O)O. The molecular weight excluding hydrogens is 146 g/mol. The first-order valence-corrected chi connectivity index (χ1v) is 3.67. The summed E-state index contributed by atoms with van der Waals surface area (Å²) < 4.78 is 4.91. The third kappa shape index (κ3) is 3.95. The minimum Gasteiger partial charge on any atom is -0.478 e. The highest BCUT2D eigenvalue weighted by Crippen LogP contribution is 2.02. The minimum atomic E-state index is -1.53. The Balaban J connectivity index is 3.64. The summed E-state index contributed by atoms with van der Waals surface area (Å²) in [7, 11) is 0. The maximum absolute atomic E-state index is 10.4. The molecule has 1 atom stereocenters. The van der Waals surface area contributed by atoms with Crippen LogP contribution >= 0.6 is 0 Å². The van der Waals surface area contributed by atoms with Crippen molar-refractivity contribution in [3.05, 3.63) is 0 Å². The van der Waals surface area contributed by atoms with Gasteiger partial charge in [0.2, 0.25) is 5.72 Å². The number of unbranched alkanes of at least 4 members (excludes halogenated alkanes) is 1. The van der Waals surface area contributed by atoms with Crippen LogP contribution in [0.25, 0.3) is 0 Å². The van der Waals surface area contributed by atoms with Crippen LogP contribution in [0.1, 0.15) is 26.7 Å². The van der Waals surface area contributed by atoms with Crippen LogP contribution < -0.4 is 5.73 Å². The molecule has 0 aromatic rings. The molecule has 11 heavy (non-hydrogen) atoms. The molecule has 0 rings (SSSR count). The molecule has 0 aliphatic rings. The van der Waals surface area contributed by atoms with Crippen LogP contribution in [0.4, 0.5) is 0 Å². The number of aliphatic carboxylic acids is 1. The second-order valence-electron chi connectivity index (χ2n) is 2.61. The van der Waals surface area contributed by atoms with E-state index in [1.807, 2.05) is 6.92 Å². The van der Waals surface area contributed by atoms with E-state index in [0.717, 1.165) is 12.8 Å². The Bertz CT molecular complexity index is 134. The molecule has 0 bridgehead atoms. The van der Waals surface area contributed by atoms with Crippen molar-refractivity contribution in [3.63, 3.8) is 0 Å². The maximum atomic E-state index is 10.4. The zero-order valence-electron chi connectivity index (χ0n) is 6.96. The molecule has 0 radical (unpaired) electrons. The standard InChI is InChI=1S/C7H15NO3/c1-3-4-5-11-7(2,8)6(9)10/h3-5,8H2,1-2H3,(H,9,10). The monoisotopic (exact) mass is 161 g/mol. The molecule has 0 saturated heterocycles. The lowest BCUT2D eigenvalue weighted by atomic mass is 10.3. The van der Waals surface area contributed by atoms with Crippen LogP contribution in [-0.4, -0.2) is 23.4 Å². The van der Waals surface area contributed by atoms with Crippen molar-refractivity contribution in [1.29, 1.82) is 0 Å². The molecule has 0 aliphatic heterocycles. The largest absolute Gasteiger partial charge is 0.478 e. The van der Waals surface area contributed by atoms with Gasteiger partial charge in [0, 0.05) is 6.61 Å². The zero-order valence-corrected chi connectivity index (χ0v) is 6.96. The van der Waals surface area contributed by atoms with E-state index in [0.29, 0.717) is 6.61 Å². The van der Waals surface area contributed by atoms with Gasteiger partial charge in [-0.25, -0.2) is 4.79 Å².